The molecule has 1 N–H and O–H groups in total. The van der Waals surface area contributed by atoms with Crippen molar-refractivity contribution in [3.63, 3.8) is 0 Å². The quantitative estimate of drug-likeness (QED) is 0.655. The average molecular weight is 161 g/mol. The SMILES string of the molecule is CC(C)O[C@H]1CNCC[C@H]1F. The maximum atomic E-state index is 13.0. The molecule has 1 heterocycles. The first kappa shape index (κ1) is 8.94. The zero-order chi connectivity index (χ0) is 8.27. The number of alkyl halides is 1. The average Bonchev–Trinajstić information content (AvgIpc) is 1.93. The van der Waals surface area contributed by atoms with Crippen LogP contribution in [0.25, 0.3) is 0 Å². The summed E-state index contributed by atoms with van der Waals surface area (Å²) in [6, 6.07) is 0. The maximum Gasteiger partial charge on any atom is 0.129 e. The molecule has 3 heteroatoms. The summed E-state index contributed by atoms with van der Waals surface area (Å²) in [5, 5.41) is 3.11. The van der Waals surface area contributed by atoms with Crippen LogP contribution >= 0.6 is 0 Å². The zero-order valence-electron chi connectivity index (χ0n) is 7.14. The van der Waals surface area contributed by atoms with Gasteiger partial charge in [0.05, 0.1) is 6.10 Å². The highest BCUT2D eigenvalue weighted by molar-refractivity contribution is 4.78. The Hall–Kier alpha value is -0.150. The minimum absolute atomic E-state index is 0.123. The van der Waals surface area contributed by atoms with E-state index in [0.717, 1.165) is 6.54 Å². The molecule has 11 heavy (non-hydrogen) atoms. The molecule has 2 nitrogen and oxygen atoms in total. The first-order valence-electron chi connectivity index (χ1n) is 4.20. The number of rotatable bonds is 2. The van der Waals surface area contributed by atoms with E-state index in [-0.39, 0.29) is 12.2 Å². The van der Waals surface area contributed by atoms with E-state index < -0.39 is 6.17 Å². The summed E-state index contributed by atoms with van der Waals surface area (Å²) >= 11 is 0. The fourth-order valence-corrected chi connectivity index (χ4v) is 1.28. The summed E-state index contributed by atoms with van der Waals surface area (Å²) in [5.41, 5.74) is 0. The molecule has 66 valence electrons. The molecule has 1 saturated heterocycles. The molecular weight excluding hydrogens is 145 g/mol. The number of hydrogen-bond donors (Lipinski definition) is 1. The van der Waals surface area contributed by atoms with Crippen LogP contribution in [0.2, 0.25) is 0 Å². The predicted molar refractivity (Wildman–Crippen MR) is 42.4 cm³/mol. The minimum atomic E-state index is -0.779. The standard InChI is InChI=1S/C8H16FNO/c1-6(2)11-8-5-10-4-3-7(8)9/h6-8,10H,3-5H2,1-2H3/t7-,8+/m1/s1. The first-order chi connectivity index (χ1) is 5.20. The van der Waals surface area contributed by atoms with Gasteiger partial charge in [-0.1, -0.05) is 0 Å². The first-order valence-corrected chi connectivity index (χ1v) is 4.20. The van der Waals surface area contributed by atoms with E-state index in [1.807, 2.05) is 13.8 Å². The van der Waals surface area contributed by atoms with E-state index in [1.165, 1.54) is 0 Å². The van der Waals surface area contributed by atoms with Crippen molar-refractivity contribution < 1.29 is 9.13 Å². The summed E-state index contributed by atoms with van der Waals surface area (Å²) in [4.78, 5) is 0. The molecule has 2 atom stereocenters. The molecule has 0 unspecified atom stereocenters. The van der Waals surface area contributed by atoms with Crippen molar-refractivity contribution in [2.24, 2.45) is 0 Å². The highest BCUT2D eigenvalue weighted by Crippen LogP contribution is 2.12. The van der Waals surface area contributed by atoms with Crippen molar-refractivity contribution in [3.8, 4) is 0 Å². The van der Waals surface area contributed by atoms with Gasteiger partial charge >= 0.3 is 0 Å². The van der Waals surface area contributed by atoms with Crippen molar-refractivity contribution in [1.82, 2.24) is 5.32 Å². The van der Waals surface area contributed by atoms with E-state index in [2.05, 4.69) is 5.32 Å². The van der Waals surface area contributed by atoms with Crippen LogP contribution in [0.15, 0.2) is 0 Å². The van der Waals surface area contributed by atoms with Gasteiger partial charge in [0.1, 0.15) is 12.3 Å². The molecule has 0 amide bonds. The molecule has 0 bridgehead atoms. The van der Waals surface area contributed by atoms with Crippen LogP contribution in [0.3, 0.4) is 0 Å². The maximum absolute atomic E-state index is 13.0. The monoisotopic (exact) mass is 161 g/mol. The van der Waals surface area contributed by atoms with Crippen molar-refractivity contribution in [3.05, 3.63) is 0 Å². The number of hydrogen-bond acceptors (Lipinski definition) is 2. The third-order valence-corrected chi connectivity index (χ3v) is 1.79. The summed E-state index contributed by atoms with van der Waals surface area (Å²) in [7, 11) is 0. The predicted octanol–water partition coefficient (Wildman–Crippen LogP) is 1.11. The third-order valence-electron chi connectivity index (χ3n) is 1.79. The van der Waals surface area contributed by atoms with E-state index in [4.69, 9.17) is 4.74 Å². The van der Waals surface area contributed by atoms with Gasteiger partial charge in [-0.05, 0) is 26.8 Å². The molecule has 0 aromatic rings. The molecule has 1 rings (SSSR count). The number of halogens is 1. The topological polar surface area (TPSA) is 21.3 Å². The van der Waals surface area contributed by atoms with Crippen molar-refractivity contribution >= 4 is 0 Å². The lowest BCUT2D eigenvalue weighted by molar-refractivity contribution is -0.0471. The van der Waals surface area contributed by atoms with E-state index in [9.17, 15) is 4.39 Å². The van der Waals surface area contributed by atoms with Gasteiger partial charge < -0.3 is 10.1 Å². The Morgan fingerprint density at radius 3 is 2.82 bits per heavy atom. The molecule has 1 aliphatic rings. The molecule has 0 saturated carbocycles. The summed E-state index contributed by atoms with van der Waals surface area (Å²) in [6.45, 7) is 5.29. The lowest BCUT2D eigenvalue weighted by atomic mass is 10.1. The number of piperidine rings is 1. The smallest absolute Gasteiger partial charge is 0.129 e. The molecule has 0 radical (unpaired) electrons. The highest BCUT2D eigenvalue weighted by atomic mass is 19.1. The van der Waals surface area contributed by atoms with Crippen molar-refractivity contribution in [2.45, 2.75) is 38.6 Å². The van der Waals surface area contributed by atoms with E-state index in [1.54, 1.807) is 0 Å². The largest absolute Gasteiger partial charge is 0.371 e. The Balaban J connectivity index is 2.29. The molecular formula is C8H16FNO. The lowest BCUT2D eigenvalue weighted by Gasteiger charge is -2.28. The second-order valence-corrected chi connectivity index (χ2v) is 3.23. The van der Waals surface area contributed by atoms with Gasteiger partial charge in [0, 0.05) is 6.54 Å². The van der Waals surface area contributed by atoms with Crippen molar-refractivity contribution in [2.75, 3.05) is 13.1 Å². The van der Waals surface area contributed by atoms with Gasteiger partial charge in [-0.2, -0.15) is 0 Å². The fraction of sp³-hybridized carbons (Fsp3) is 1.00. The van der Waals surface area contributed by atoms with Crippen molar-refractivity contribution in [1.29, 1.82) is 0 Å². The van der Waals surface area contributed by atoms with Crippen LogP contribution in [-0.4, -0.2) is 31.5 Å². The van der Waals surface area contributed by atoms with Gasteiger partial charge in [0.15, 0.2) is 0 Å². The fourth-order valence-electron chi connectivity index (χ4n) is 1.28. The second-order valence-electron chi connectivity index (χ2n) is 3.23. The molecule has 1 fully saturated rings. The normalized spacial score (nSPS) is 32.7. The molecule has 0 aromatic carbocycles. The summed E-state index contributed by atoms with van der Waals surface area (Å²) < 4.78 is 18.4. The van der Waals surface area contributed by atoms with Crippen LogP contribution in [0.4, 0.5) is 4.39 Å². The number of nitrogens with one attached hydrogen (secondary N) is 1. The zero-order valence-corrected chi connectivity index (χ0v) is 7.14. The molecule has 0 spiro atoms. The lowest BCUT2D eigenvalue weighted by Crippen LogP contribution is -2.44. The van der Waals surface area contributed by atoms with Crippen LogP contribution in [0, 0.1) is 0 Å². The van der Waals surface area contributed by atoms with Gasteiger partial charge in [0.2, 0.25) is 0 Å². The Bertz CT molecular complexity index is 119. The minimum Gasteiger partial charge on any atom is -0.371 e. The van der Waals surface area contributed by atoms with Gasteiger partial charge in [-0.3, -0.25) is 0 Å². The van der Waals surface area contributed by atoms with Crippen LogP contribution in [0.1, 0.15) is 20.3 Å². The van der Waals surface area contributed by atoms with Gasteiger partial charge in [0.25, 0.3) is 0 Å². The molecule has 1 aliphatic heterocycles. The van der Waals surface area contributed by atoms with E-state index in [0.29, 0.717) is 13.0 Å². The third kappa shape index (κ3) is 2.75. The van der Waals surface area contributed by atoms with Gasteiger partial charge in [-0.15, -0.1) is 0 Å². The highest BCUT2D eigenvalue weighted by Gasteiger charge is 2.25. The second kappa shape index (κ2) is 4.02. The number of ether oxygens (including phenoxy) is 1. The van der Waals surface area contributed by atoms with Crippen LogP contribution < -0.4 is 5.32 Å². The Kier molecular flexibility index (Phi) is 3.27. The summed E-state index contributed by atoms with van der Waals surface area (Å²) in [5.74, 6) is 0. The van der Waals surface area contributed by atoms with Crippen LogP contribution in [0.5, 0.6) is 0 Å². The Labute approximate surface area is 67.1 Å². The Morgan fingerprint density at radius 2 is 2.27 bits per heavy atom. The molecule has 0 aromatic heterocycles. The van der Waals surface area contributed by atoms with Gasteiger partial charge in [-0.25, -0.2) is 4.39 Å². The summed E-state index contributed by atoms with van der Waals surface area (Å²) in [6.07, 6.45) is -0.308. The molecule has 0 aliphatic carbocycles. The Morgan fingerprint density at radius 1 is 1.55 bits per heavy atom. The van der Waals surface area contributed by atoms with E-state index >= 15 is 0 Å². The van der Waals surface area contributed by atoms with Crippen LogP contribution in [-0.2, 0) is 4.74 Å².